The van der Waals surface area contributed by atoms with Gasteiger partial charge in [-0.25, -0.2) is 4.39 Å². The minimum Gasteiger partial charge on any atom is -0.314 e. The van der Waals surface area contributed by atoms with Crippen LogP contribution in [-0.4, -0.2) is 19.3 Å². The van der Waals surface area contributed by atoms with Crippen LogP contribution in [-0.2, 0) is 0 Å². The maximum Gasteiger partial charge on any atom is 0.113 e. The van der Waals surface area contributed by atoms with Crippen molar-refractivity contribution in [2.45, 2.75) is 19.5 Å². The lowest BCUT2D eigenvalue weighted by Crippen LogP contribution is -2.35. The molecule has 8 heavy (non-hydrogen) atoms. The Morgan fingerprint density at radius 2 is 2.25 bits per heavy atom. The van der Waals surface area contributed by atoms with E-state index in [-0.39, 0.29) is 0 Å². The second-order valence-electron chi connectivity index (χ2n) is 2.60. The van der Waals surface area contributed by atoms with E-state index in [2.05, 4.69) is 12.2 Å². The monoisotopic (exact) mass is 117 g/mol. The van der Waals surface area contributed by atoms with Crippen LogP contribution in [0.3, 0.4) is 0 Å². The van der Waals surface area contributed by atoms with E-state index in [0.29, 0.717) is 12.5 Å². The number of rotatable bonds is 0. The Hall–Kier alpha value is -0.110. The molecule has 0 aromatic rings. The third kappa shape index (κ3) is 1.44. The van der Waals surface area contributed by atoms with Crippen LogP contribution in [0.15, 0.2) is 0 Å². The molecule has 0 saturated carbocycles. The SMILES string of the molecule is C[C@H]1CNC[C@@H](F)C1. The standard InChI is InChI=1S/C6H12FN/c1-5-2-6(7)4-8-3-5/h5-6,8H,2-4H2,1H3/t5-,6+/m1/s1. The molecule has 0 aliphatic carbocycles. The highest BCUT2D eigenvalue weighted by atomic mass is 19.1. The fourth-order valence-corrected chi connectivity index (χ4v) is 1.09. The molecule has 1 rings (SSSR count). The summed E-state index contributed by atoms with van der Waals surface area (Å²) in [6.45, 7) is 3.61. The normalized spacial score (nSPS) is 39.8. The molecule has 1 aliphatic heterocycles. The molecule has 1 saturated heterocycles. The Labute approximate surface area is 49.3 Å². The summed E-state index contributed by atoms with van der Waals surface area (Å²) in [5.74, 6) is 0.527. The molecule has 0 radical (unpaired) electrons. The van der Waals surface area contributed by atoms with Crippen molar-refractivity contribution < 1.29 is 4.39 Å². The van der Waals surface area contributed by atoms with Crippen molar-refractivity contribution in [3.63, 3.8) is 0 Å². The molecule has 1 fully saturated rings. The van der Waals surface area contributed by atoms with Crippen molar-refractivity contribution in [2.24, 2.45) is 5.92 Å². The number of nitrogens with one attached hydrogen (secondary N) is 1. The van der Waals surface area contributed by atoms with Gasteiger partial charge in [0.25, 0.3) is 0 Å². The van der Waals surface area contributed by atoms with Crippen LogP contribution in [0.5, 0.6) is 0 Å². The lowest BCUT2D eigenvalue weighted by Gasteiger charge is -2.21. The van der Waals surface area contributed by atoms with Gasteiger partial charge in [0.05, 0.1) is 0 Å². The maximum atomic E-state index is 12.4. The van der Waals surface area contributed by atoms with Gasteiger partial charge < -0.3 is 5.32 Å². The topological polar surface area (TPSA) is 12.0 Å². The molecule has 1 N–H and O–H groups in total. The zero-order chi connectivity index (χ0) is 5.98. The summed E-state index contributed by atoms with van der Waals surface area (Å²) in [4.78, 5) is 0. The maximum absolute atomic E-state index is 12.4. The van der Waals surface area contributed by atoms with Crippen LogP contribution in [0.1, 0.15) is 13.3 Å². The molecule has 1 nitrogen and oxygen atoms in total. The van der Waals surface area contributed by atoms with E-state index in [1.807, 2.05) is 0 Å². The van der Waals surface area contributed by atoms with Gasteiger partial charge in [-0.1, -0.05) is 6.92 Å². The zero-order valence-electron chi connectivity index (χ0n) is 5.15. The Morgan fingerprint density at radius 3 is 2.62 bits per heavy atom. The van der Waals surface area contributed by atoms with Gasteiger partial charge in [0.2, 0.25) is 0 Å². The lowest BCUT2D eigenvalue weighted by atomic mass is 10.0. The molecule has 0 spiro atoms. The highest BCUT2D eigenvalue weighted by molar-refractivity contribution is 4.71. The molecule has 2 atom stereocenters. The van der Waals surface area contributed by atoms with E-state index < -0.39 is 6.17 Å². The van der Waals surface area contributed by atoms with E-state index in [1.165, 1.54) is 0 Å². The molecule has 0 unspecified atom stereocenters. The van der Waals surface area contributed by atoms with Gasteiger partial charge in [-0.2, -0.15) is 0 Å². The van der Waals surface area contributed by atoms with E-state index in [1.54, 1.807) is 0 Å². The summed E-state index contributed by atoms with van der Waals surface area (Å²) >= 11 is 0. The summed E-state index contributed by atoms with van der Waals surface area (Å²) in [6, 6.07) is 0. The van der Waals surface area contributed by atoms with Crippen LogP contribution in [0.2, 0.25) is 0 Å². The Kier molecular flexibility index (Phi) is 1.84. The first kappa shape index (κ1) is 6.02. The fraction of sp³-hybridized carbons (Fsp3) is 1.00. The van der Waals surface area contributed by atoms with Crippen molar-refractivity contribution in [2.75, 3.05) is 13.1 Å². The Morgan fingerprint density at radius 1 is 1.50 bits per heavy atom. The van der Waals surface area contributed by atoms with Gasteiger partial charge in [0.1, 0.15) is 6.17 Å². The highest BCUT2D eigenvalue weighted by Crippen LogP contribution is 2.11. The lowest BCUT2D eigenvalue weighted by molar-refractivity contribution is 0.224. The number of hydrogen-bond acceptors (Lipinski definition) is 1. The molecule has 0 aromatic heterocycles. The third-order valence-electron chi connectivity index (χ3n) is 1.52. The minimum atomic E-state index is -0.598. The first-order chi connectivity index (χ1) is 3.79. The summed E-state index contributed by atoms with van der Waals surface area (Å²) < 4.78 is 12.4. The zero-order valence-corrected chi connectivity index (χ0v) is 5.15. The van der Waals surface area contributed by atoms with E-state index in [4.69, 9.17) is 0 Å². The molecule has 1 heterocycles. The molecular formula is C6H12FN. The number of hydrogen-bond donors (Lipinski definition) is 1. The van der Waals surface area contributed by atoms with Crippen LogP contribution >= 0.6 is 0 Å². The Balaban J connectivity index is 2.23. The molecule has 0 aromatic carbocycles. The minimum absolute atomic E-state index is 0.527. The summed E-state index contributed by atoms with van der Waals surface area (Å²) in [5, 5.41) is 3.01. The second-order valence-corrected chi connectivity index (χ2v) is 2.60. The summed E-state index contributed by atoms with van der Waals surface area (Å²) in [6.07, 6.45) is 0.145. The summed E-state index contributed by atoms with van der Waals surface area (Å²) in [5.41, 5.74) is 0. The smallest absolute Gasteiger partial charge is 0.113 e. The van der Waals surface area contributed by atoms with Crippen molar-refractivity contribution in [1.29, 1.82) is 0 Å². The van der Waals surface area contributed by atoms with Crippen molar-refractivity contribution >= 4 is 0 Å². The predicted molar refractivity (Wildman–Crippen MR) is 31.5 cm³/mol. The van der Waals surface area contributed by atoms with Crippen LogP contribution in [0.25, 0.3) is 0 Å². The van der Waals surface area contributed by atoms with Crippen LogP contribution in [0.4, 0.5) is 4.39 Å². The molecule has 2 heteroatoms. The van der Waals surface area contributed by atoms with Crippen molar-refractivity contribution in [3.05, 3.63) is 0 Å². The van der Waals surface area contributed by atoms with Crippen LogP contribution < -0.4 is 5.32 Å². The molecular weight excluding hydrogens is 105 g/mol. The summed E-state index contributed by atoms with van der Waals surface area (Å²) in [7, 11) is 0. The first-order valence-electron chi connectivity index (χ1n) is 3.14. The third-order valence-corrected chi connectivity index (χ3v) is 1.52. The largest absolute Gasteiger partial charge is 0.314 e. The average molecular weight is 117 g/mol. The van der Waals surface area contributed by atoms with Gasteiger partial charge in [-0.15, -0.1) is 0 Å². The van der Waals surface area contributed by atoms with E-state index in [9.17, 15) is 4.39 Å². The Bertz CT molecular complexity index is 66.9. The quantitative estimate of drug-likeness (QED) is 0.498. The molecule has 1 aliphatic rings. The van der Waals surface area contributed by atoms with Gasteiger partial charge in [0, 0.05) is 6.54 Å². The van der Waals surface area contributed by atoms with Gasteiger partial charge in [0.15, 0.2) is 0 Å². The van der Waals surface area contributed by atoms with E-state index in [0.717, 1.165) is 13.0 Å². The highest BCUT2D eigenvalue weighted by Gasteiger charge is 2.16. The molecule has 0 amide bonds. The number of halogens is 1. The van der Waals surface area contributed by atoms with Crippen LogP contribution in [0, 0.1) is 5.92 Å². The molecule has 48 valence electrons. The van der Waals surface area contributed by atoms with Gasteiger partial charge in [-0.3, -0.25) is 0 Å². The first-order valence-corrected chi connectivity index (χ1v) is 3.14. The molecule has 0 bridgehead atoms. The second kappa shape index (κ2) is 2.44. The fourth-order valence-electron chi connectivity index (χ4n) is 1.09. The predicted octanol–water partition coefficient (Wildman–Crippen LogP) is 0.954. The van der Waals surface area contributed by atoms with Gasteiger partial charge in [-0.05, 0) is 18.9 Å². The van der Waals surface area contributed by atoms with Crippen molar-refractivity contribution in [1.82, 2.24) is 5.32 Å². The average Bonchev–Trinajstić information content (AvgIpc) is 1.64. The van der Waals surface area contributed by atoms with Gasteiger partial charge >= 0.3 is 0 Å². The van der Waals surface area contributed by atoms with E-state index >= 15 is 0 Å². The number of alkyl halides is 1. The van der Waals surface area contributed by atoms with Crippen molar-refractivity contribution in [3.8, 4) is 0 Å². The number of piperidine rings is 1.